The van der Waals surface area contributed by atoms with Gasteiger partial charge in [0.2, 0.25) is 15.9 Å². The van der Waals surface area contributed by atoms with Gasteiger partial charge < -0.3 is 0 Å². The minimum atomic E-state index is -3.53. The number of rotatable bonds is 2. The predicted octanol–water partition coefficient (Wildman–Crippen LogP) is 1.63. The summed E-state index contributed by atoms with van der Waals surface area (Å²) in [6.07, 6.45) is -0.479. The smallest absolute Gasteiger partial charge is 0.211 e. The van der Waals surface area contributed by atoms with E-state index >= 15 is 0 Å². The van der Waals surface area contributed by atoms with Gasteiger partial charge in [0.1, 0.15) is 5.21 Å². The molecule has 1 saturated heterocycles. The number of hydrogen-bond acceptors (Lipinski definition) is 2. The second-order valence-corrected chi connectivity index (χ2v) is 5.88. The standard InChI is InChI=1S/C7H12ClF2NO2S/c8-6-14(12,13)11-4-1-2-7(9,10)3-5-11/h1-6H2. The first-order valence-corrected chi connectivity index (χ1v) is 6.43. The quantitative estimate of drug-likeness (QED) is 0.696. The lowest BCUT2D eigenvalue weighted by molar-refractivity contribution is -0.0116. The molecule has 0 saturated carbocycles. The first-order valence-electron chi connectivity index (χ1n) is 4.29. The Morgan fingerprint density at radius 1 is 1.29 bits per heavy atom. The van der Waals surface area contributed by atoms with Crippen LogP contribution >= 0.6 is 11.6 Å². The Morgan fingerprint density at radius 2 is 1.93 bits per heavy atom. The zero-order chi connectivity index (χ0) is 10.8. The van der Waals surface area contributed by atoms with Gasteiger partial charge in [0.15, 0.2) is 0 Å². The molecule has 14 heavy (non-hydrogen) atoms. The maximum atomic E-state index is 12.9. The zero-order valence-corrected chi connectivity index (χ0v) is 9.12. The van der Waals surface area contributed by atoms with Crippen molar-refractivity contribution in [3.63, 3.8) is 0 Å². The van der Waals surface area contributed by atoms with E-state index in [0.29, 0.717) is 0 Å². The van der Waals surface area contributed by atoms with Crippen molar-refractivity contribution < 1.29 is 17.2 Å². The Hall–Kier alpha value is 0.0600. The molecule has 1 heterocycles. The highest BCUT2D eigenvalue weighted by Gasteiger charge is 2.34. The van der Waals surface area contributed by atoms with E-state index < -0.39 is 27.6 Å². The van der Waals surface area contributed by atoms with Gasteiger partial charge in [-0.3, -0.25) is 0 Å². The Morgan fingerprint density at radius 3 is 2.50 bits per heavy atom. The van der Waals surface area contributed by atoms with Crippen LogP contribution in [0.4, 0.5) is 8.78 Å². The minimum absolute atomic E-state index is 0.137. The summed E-state index contributed by atoms with van der Waals surface area (Å²) in [4.78, 5) is 0. The van der Waals surface area contributed by atoms with Crippen molar-refractivity contribution in [3.05, 3.63) is 0 Å². The molecule has 1 aliphatic rings. The summed E-state index contributed by atoms with van der Waals surface area (Å²) in [6, 6.07) is 0. The lowest BCUT2D eigenvalue weighted by Crippen LogP contribution is -2.33. The van der Waals surface area contributed by atoms with Crippen molar-refractivity contribution in [2.75, 3.05) is 18.3 Å². The molecule has 0 aliphatic carbocycles. The van der Waals surface area contributed by atoms with Crippen molar-refractivity contribution in [1.82, 2.24) is 4.31 Å². The Balaban J connectivity index is 2.68. The summed E-state index contributed by atoms with van der Waals surface area (Å²) in [5, 5.41) is -0.543. The molecule has 1 rings (SSSR count). The van der Waals surface area contributed by atoms with Crippen LogP contribution < -0.4 is 0 Å². The van der Waals surface area contributed by atoms with Gasteiger partial charge in [-0.15, -0.1) is 11.6 Å². The molecule has 0 aromatic carbocycles. The van der Waals surface area contributed by atoms with Crippen LogP contribution in [0.3, 0.4) is 0 Å². The highest BCUT2D eigenvalue weighted by Crippen LogP contribution is 2.28. The van der Waals surface area contributed by atoms with Crippen LogP contribution in [0.5, 0.6) is 0 Å². The molecule has 0 aromatic rings. The van der Waals surface area contributed by atoms with E-state index in [1.807, 2.05) is 0 Å². The largest absolute Gasteiger partial charge is 0.249 e. The Kier molecular flexibility index (Phi) is 3.71. The predicted molar refractivity (Wildman–Crippen MR) is 50.0 cm³/mol. The molecule has 0 spiro atoms. The first-order chi connectivity index (χ1) is 6.37. The molecule has 0 aromatic heterocycles. The van der Waals surface area contributed by atoms with E-state index in [1.54, 1.807) is 0 Å². The monoisotopic (exact) mass is 247 g/mol. The molecule has 0 N–H and O–H groups in total. The lowest BCUT2D eigenvalue weighted by atomic mass is 10.1. The summed E-state index contributed by atoms with van der Waals surface area (Å²) in [7, 11) is -3.53. The van der Waals surface area contributed by atoms with Crippen molar-refractivity contribution in [2.24, 2.45) is 0 Å². The number of hydrogen-bond donors (Lipinski definition) is 0. The van der Waals surface area contributed by atoms with Crippen LogP contribution in [-0.2, 0) is 10.0 Å². The molecule has 0 atom stereocenters. The van der Waals surface area contributed by atoms with E-state index in [4.69, 9.17) is 11.6 Å². The molecule has 1 aliphatic heterocycles. The molecule has 1 fully saturated rings. The molecule has 0 amide bonds. The van der Waals surface area contributed by atoms with E-state index in [1.165, 1.54) is 0 Å². The summed E-state index contributed by atoms with van der Waals surface area (Å²) < 4.78 is 49.3. The van der Waals surface area contributed by atoms with E-state index in [0.717, 1.165) is 4.31 Å². The minimum Gasteiger partial charge on any atom is -0.211 e. The lowest BCUT2D eigenvalue weighted by Gasteiger charge is -2.18. The van der Waals surface area contributed by atoms with Crippen molar-refractivity contribution in [1.29, 1.82) is 0 Å². The Bertz CT molecular complexity index is 294. The fourth-order valence-corrected chi connectivity index (χ4v) is 2.72. The summed E-state index contributed by atoms with van der Waals surface area (Å²) in [5.74, 6) is -2.74. The molecular formula is C7H12ClF2NO2S. The van der Waals surface area contributed by atoms with Crippen molar-refractivity contribution >= 4 is 21.6 Å². The van der Waals surface area contributed by atoms with Crippen LogP contribution in [0, 0.1) is 0 Å². The second-order valence-electron chi connectivity index (χ2n) is 3.33. The molecule has 7 heteroatoms. The van der Waals surface area contributed by atoms with E-state index in [2.05, 4.69) is 0 Å². The molecule has 0 bridgehead atoms. The fourth-order valence-electron chi connectivity index (χ4n) is 1.39. The SMILES string of the molecule is O=S(=O)(CCl)N1CCCC(F)(F)CC1. The van der Waals surface area contributed by atoms with Gasteiger partial charge in [-0.25, -0.2) is 21.5 Å². The maximum Gasteiger partial charge on any atom is 0.249 e. The highest BCUT2D eigenvalue weighted by atomic mass is 35.5. The van der Waals surface area contributed by atoms with Crippen LogP contribution in [0.25, 0.3) is 0 Å². The third-order valence-corrected chi connectivity index (χ3v) is 4.46. The summed E-state index contributed by atoms with van der Waals surface area (Å²) >= 11 is 5.23. The van der Waals surface area contributed by atoms with Gasteiger partial charge in [0.05, 0.1) is 0 Å². The first kappa shape index (κ1) is 12.1. The topological polar surface area (TPSA) is 37.4 Å². The maximum absolute atomic E-state index is 12.9. The van der Waals surface area contributed by atoms with Crippen LogP contribution in [0.1, 0.15) is 19.3 Å². The zero-order valence-electron chi connectivity index (χ0n) is 7.55. The van der Waals surface area contributed by atoms with Gasteiger partial charge >= 0.3 is 0 Å². The van der Waals surface area contributed by atoms with Gasteiger partial charge in [-0.1, -0.05) is 0 Å². The molecule has 0 radical (unpaired) electrons. The number of nitrogens with zero attached hydrogens (tertiary/aromatic N) is 1. The average Bonchev–Trinajstić information content (AvgIpc) is 2.26. The fraction of sp³-hybridized carbons (Fsp3) is 1.00. The summed E-state index contributed by atoms with van der Waals surface area (Å²) in [5.41, 5.74) is 0. The Labute approximate surface area is 87.1 Å². The molecule has 3 nitrogen and oxygen atoms in total. The summed E-state index contributed by atoms with van der Waals surface area (Å²) in [6.45, 7) is 0.00664. The number of alkyl halides is 3. The second kappa shape index (κ2) is 4.28. The normalized spacial score (nSPS) is 24.5. The molecule has 0 unspecified atom stereocenters. The third kappa shape index (κ3) is 3.03. The van der Waals surface area contributed by atoms with E-state index in [-0.39, 0.29) is 25.9 Å². The van der Waals surface area contributed by atoms with Crippen LogP contribution in [0.15, 0.2) is 0 Å². The van der Waals surface area contributed by atoms with Gasteiger partial charge in [0, 0.05) is 25.9 Å². The molecular weight excluding hydrogens is 236 g/mol. The van der Waals surface area contributed by atoms with E-state index in [9.17, 15) is 17.2 Å². The van der Waals surface area contributed by atoms with Crippen molar-refractivity contribution in [3.8, 4) is 0 Å². The molecule has 84 valence electrons. The van der Waals surface area contributed by atoms with Gasteiger partial charge in [-0.2, -0.15) is 0 Å². The van der Waals surface area contributed by atoms with Gasteiger partial charge in [-0.05, 0) is 6.42 Å². The van der Waals surface area contributed by atoms with Gasteiger partial charge in [0.25, 0.3) is 0 Å². The van der Waals surface area contributed by atoms with Crippen LogP contribution in [0.2, 0.25) is 0 Å². The number of sulfonamides is 1. The van der Waals surface area contributed by atoms with Crippen LogP contribution in [-0.4, -0.2) is 36.9 Å². The third-order valence-electron chi connectivity index (χ3n) is 2.21. The van der Waals surface area contributed by atoms with Crippen molar-refractivity contribution in [2.45, 2.75) is 25.2 Å². The average molecular weight is 248 g/mol. The number of halogens is 3. The highest BCUT2D eigenvalue weighted by molar-refractivity contribution is 7.90.